The summed E-state index contributed by atoms with van der Waals surface area (Å²) in [6.07, 6.45) is 6.39. The number of nitrogens with zero attached hydrogens (tertiary/aromatic N) is 3. The summed E-state index contributed by atoms with van der Waals surface area (Å²) in [5, 5.41) is 0. The van der Waals surface area contributed by atoms with Crippen molar-refractivity contribution in [3.63, 3.8) is 0 Å². The fraction of sp³-hybridized carbons (Fsp3) is 0.333. The fourth-order valence-electron chi connectivity index (χ4n) is 1.49. The monoisotopic (exact) mass is 285 g/mol. The predicted octanol–water partition coefficient (Wildman–Crippen LogP) is 2.21. The molecule has 0 aromatic carbocycles. The van der Waals surface area contributed by atoms with Crippen molar-refractivity contribution in [3.05, 3.63) is 27.9 Å². The van der Waals surface area contributed by atoms with Gasteiger partial charge in [-0.1, -0.05) is 0 Å². The normalized spacial score (nSPS) is 16.7. The predicted molar refractivity (Wildman–Crippen MR) is 57.7 cm³/mol. The molecule has 0 saturated heterocycles. The molecule has 1 aliphatic carbocycles. The van der Waals surface area contributed by atoms with Crippen molar-refractivity contribution < 1.29 is 0 Å². The molecule has 66 valence electrons. The Hall–Kier alpha value is -0.650. The average Bonchev–Trinajstić information content (AvgIpc) is 2.94. The van der Waals surface area contributed by atoms with Crippen LogP contribution < -0.4 is 0 Å². The third kappa shape index (κ3) is 1.15. The van der Waals surface area contributed by atoms with E-state index in [0.717, 1.165) is 5.78 Å². The Labute approximate surface area is 89.3 Å². The Morgan fingerprint density at radius 1 is 1.46 bits per heavy atom. The van der Waals surface area contributed by atoms with Gasteiger partial charge in [0.2, 0.25) is 5.78 Å². The highest BCUT2D eigenvalue weighted by molar-refractivity contribution is 14.1. The molecular weight excluding hydrogens is 277 g/mol. The lowest BCUT2D eigenvalue weighted by molar-refractivity contribution is 1.03. The van der Waals surface area contributed by atoms with Crippen LogP contribution in [0.3, 0.4) is 0 Å². The quantitative estimate of drug-likeness (QED) is 0.752. The molecule has 2 aromatic rings. The first-order valence-electron chi connectivity index (χ1n) is 4.35. The van der Waals surface area contributed by atoms with Crippen LogP contribution in [0.4, 0.5) is 0 Å². The maximum Gasteiger partial charge on any atom is 0.234 e. The van der Waals surface area contributed by atoms with Crippen LogP contribution in [-0.2, 0) is 0 Å². The van der Waals surface area contributed by atoms with Gasteiger partial charge < -0.3 is 0 Å². The van der Waals surface area contributed by atoms with Gasteiger partial charge in [-0.3, -0.25) is 4.40 Å². The largest absolute Gasteiger partial charge is 0.278 e. The van der Waals surface area contributed by atoms with E-state index in [-0.39, 0.29) is 0 Å². The summed E-state index contributed by atoms with van der Waals surface area (Å²) in [5.74, 6) is 1.53. The standard InChI is InChI=1S/C9H8IN3/c10-8-7(6-2-3-6)12-9-11-4-1-5-13(8)9/h1,4-6H,2-3H2. The molecule has 13 heavy (non-hydrogen) atoms. The van der Waals surface area contributed by atoms with Gasteiger partial charge in [-0.05, 0) is 41.5 Å². The van der Waals surface area contributed by atoms with Crippen molar-refractivity contribution in [2.45, 2.75) is 18.8 Å². The Morgan fingerprint density at radius 2 is 2.31 bits per heavy atom. The first-order valence-corrected chi connectivity index (χ1v) is 5.42. The summed E-state index contributed by atoms with van der Waals surface area (Å²) in [5.41, 5.74) is 1.24. The second-order valence-electron chi connectivity index (χ2n) is 3.35. The maximum atomic E-state index is 4.52. The molecular formula is C9H8IN3. The van der Waals surface area contributed by atoms with E-state index >= 15 is 0 Å². The van der Waals surface area contributed by atoms with E-state index in [2.05, 4.69) is 32.6 Å². The van der Waals surface area contributed by atoms with Crippen molar-refractivity contribution >= 4 is 28.4 Å². The summed E-state index contributed by atoms with van der Waals surface area (Å²) < 4.78 is 3.28. The number of halogens is 1. The van der Waals surface area contributed by atoms with E-state index in [4.69, 9.17) is 0 Å². The molecule has 0 aliphatic heterocycles. The van der Waals surface area contributed by atoms with E-state index in [1.165, 1.54) is 22.2 Å². The van der Waals surface area contributed by atoms with E-state index in [1.807, 2.05) is 16.7 Å². The summed E-state index contributed by atoms with van der Waals surface area (Å²) in [6.45, 7) is 0. The van der Waals surface area contributed by atoms with Crippen molar-refractivity contribution in [1.82, 2.24) is 14.4 Å². The molecule has 3 rings (SSSR count). The van der Waals surface area contributed by atoms with E-state index in [0.29, 0.717) is 5.92 Å². The molecule has 1 aliphatic rings. The SMILES string of the molecule is Ic1c(C2CC2)nc2ncccn12. The molecule has 1 saturated carbocycles. The van der Waals surface area contributed by atoms with Gasteiger partial charge in [0, 0.05) is 18.3 Å². The molecule has 3 nitrogen and oxygen atoms in total. The van der Waals surface area contributed by atoms with Crippen molar-refractivity contribution in [2.75, 3.05) is 0 Å². The highest BCUT2D eigenvalue weighted by atomic mass is 127. The zero-order chi connectivity index (χ0) is 8.84. The van der Waals surface area contributed by atoms with Crippen LogP contribution >= 0.6 is 22.6 Å². The van der Waals surface area contributed by atoms with Crippen LogP contribution in [0.1, 0.15) is 24.5 Å². The minimum Gasteiger partial charge on any atom is -0.278 e. The third-order valence-corrected chi connectivity index (χ3v) is 3.41. The maximum absolute atomic E-state index is 4.52. The average molecular weight is 285 g/mol. The van der Waals surface area contributed by atoms with Gasteiger partial charge in [-0.15, -0.1) is 0 Å². The third-order valence-electron chi connectivity index (χ3n) is 2.33. The number of imidazole rings is 1. The van der Waals surface area contributed by atoms with E-state index in [9.17, 15) is 0 Å². The Balaban J connectivity index is 2.30. The molecule has 0 spiro atoms. The van der Waals surface area contributed by atoms with Crippen LogP contribution in [0.5, 0.6) is 0 Å². The fourth-order valence-corrected chi connectivity index (χ4v) is 2.43. The van der Waals surface area contributed by atoms with Gasteiger partial charge in [0.05, 0.1) is 5.69 Å². The first-order chi connectivity index (χ1) is 6.36. The Morgan fingerprint density at radius 3 is 3.00 bits per heavy atom. The molecule has 2 heterocycles. The topological polar surface area (TPSA) is 30.2 Å². The van der Waals surface area contributed by atoms with Crippen LogP contribution in [0, 0.1) is 3.70 Å². The number of hydrogen-bond acceptors (Lipinski definition) is 2. The summed E-state index contributed by atoms with van der Waals surface area (Å²) in [7, 11) is 0. The summed E-state index contributed by atoms with van der Waals surface area (Å²) in [6, 6.07) is 1.94. The Bertz CT molecular complexity index is 459. The van der Waals surface area contributed by atoms with Gasteiger partial charge in [-0.2, -0.15) is 0 Å². The molecule has 0 amide bonds. The zero-order valence-corrected chi connectivity index (χ0v) is 9.10. The van der Waals surface area contributed by atoms with E-state index < -0.39 is 0 Å². The summed E-state index contributed by atoms with van der Waals surface area (Å²) in [4.78, 5) is 8.74. The lowest BCUT2D eigenvalue weighted by Crippen LogP contribution is -1.88. The molecule has 0 radical (unpaired) electrons. The molecule has 1 fully saturated rings. The number of fused-ring (bicyclic) bond motifs is 1. The minimum atomic E-state index is 0.702. The van der Waals surface area contributed by atoms with Crippen LogP contribution in [0.2, 0.25) is 0 Å². The van der Waals surface area contributed by atoms with Crippen LogP contribution in [0.25, 0.3) is 5.78 Å². The van der Waals surface area contributed by atoms with E-state index in [1.54, 1.807) is 6.20 Å². The highest BCUT2D eigenvalue weighted by Crippen LogP contribution is 2.41. The second-order valence-corrected chi connectivity index (χ2v) is 4.37. The lowest BCUT2D eigenvalue weighted by atomic mass is 10.3. The number of hydrogen-bond donors (Lipinski definition) is 0. The minimum absolute atomic E-state index is 0.702. The highest BCUT2D eigenvalue weighted by Gasteiger charge is 2.29. The second kappa shape index (κ2) is 2.67. The first kappa shape index (κ1) is 7.73. The number of aromatic nitrogens is 3. The molecule has 0 N–H and O–H groups in total. The van der Waals surface area contributed by atoms with Gasteiger partial charge in [-0.25, -0.2) is 9.97 Å². The van der Waals surface area contributed by atoms with Gasteiger partial charge in [0.25, 0.3) is 0 Å². The van der Waals surface area contributed by atoms with Gasteiger partial charge in [0.15, 0.2) is 0 Å². The van der Waals surface area contributed by atoms with Crippen molar-refractivity contribution in [1.29, 1.82) is 0 Å². The Kier molecular flexibility index (Phi) is 1.59. The smallest absolute Gasteiger partial charge is 0.234 e. The number of rotatable bonds is 1. The van der Waals surface area contributed by atoms with Gasteiger partial charge in [0.1, 0.15) is 3.70 Å². The van der Waals surface area contributed by atoms with Crippen molar-refractivity contribution in [2.24, 2.45) is 0 Å². The molecule has 0 unspecified atom stereocenters. The summed E-state index contributed by atoms with van der Waals surface area (Å²) >= 11 is 2.35. The van der Waals surface area contributed by atoms with Gasteiger partial charge >= 0.3 is 0 Å². The van der Waals surface area contributed by atoms with Crippen LogP contribution in [-0.4, -0.2) is 14.4 Å². The molecule has 0 bridgehead atoms. The molecule has 4 heteroatoms. The van der Waals surface area contributed by atoms with Crippen molar-refractivity contribution in [3.8, 4) is 0 Å². The molecule has 2 aromatic heterocycles. The molecule has 0 atom stereocenters. The zero-order valence-electron chi connectivity index (χ0n) is 6.94. The van der Waals surface area contributed by atoms with Crippen LogP contribution in [0.15, 0.2) is 18.5 Å². The lowest BCUT2D eigenvalue weighted by Gasteiger charge is -1.92.